The van der Waals surface area contributed by atoms with Crippen molar-refractivity contribution < 1.29 is 5.11 Å². The van der Waals surface area contributed by atoms with Crippen LogP contribution in [-0.2, 0) is 0 Å². The van der Waals surface area contributed by atoms with Crippen LogP contribution in [0.25, 0.3) is 0 Å². The van der Waals surface area contributed by atoms with E-state index in [1.54, 1.807) is 0 Å². The molecule has 1 aliphatic rings. The Labute approximate surface area is 104 Å². The lowest BCUT2D eigenvalue weighted by Gasteiger charge is -2.32. The minimum absolute atomic E-state index is 0.199. The molecule has 1 aliphatic carbocycles. The Morgan fingerprint density at radius 3 is 2.53 bits per heavy atom. The molecule has 0 heterocycles. The number of rotatable bonds is 5. The third-order valence-corrected chi connectivity index (χ3v) is 3.70. The SMILES string of the molecule is CC(C)(N)C(CCO)c1ccccc1C1CC1. The van der Waals surface area contributed by atoms with Crippen LogP contribution in [0.1, 0.15) is 56.1 Å². The fraction of sp³-hybridized carbons (Fsp3) is 0.600. The number of aliphatic hydroxyl groups excluding tert-OH is 1. The van der Waals surface area contributed by atoms with Crippen molar-refractivity contribution in [2.45, 2.75) is 50.5 Å². The van der Waals surface area contributed by atoms with Gasteiger partial charge in [0.2, 0.25) is 0 Å². The molecule has 0 amide bonds. The Bertz CT molecular complexity index is 377. The third-order valence-electron chi connectivity index (χ3n) is 3.70. The molecule has 2 heteroatoms. The van der Waals surface area contributed by atoms with E-state index in [1.807, 2.05) is 0 Å². The van der Waals surface area contributed by atoms with Crippen molar-refractivity contribution in [3.8, 4) is 0 Å². The largest absolute Gasteiger partial charge is 0.396 e. The molecule has 0 aromatic heterocycles. The predicted molar refractivity (Wildman–Crippen MR) is 71.1 cm³/mol. The first-order valence-electron chi connectivity index (χ1n) is 6.52. The average Bonchev–Trinajstić information content (AvgIpc) is 3.08. The highest BCUT2D eigenvalue weighted by Gasteiger charge is 2.32. The number of hydrogen-bond acceptors (Lipinski definition) is 2. The van der Waals surface area contributed by atoms with Crippen molar-refractivity contribution in [3.05, 3.63) is 35.4 Å². The van der Waals surface area contributed by atoms with Crippen LogP contribution in [0.4, 0.5) is 0 Å². The molecule has 1 aromatic rings. The van der Waals surface area contributed by atoms with Gasteiger partial charge in [-0.15, -0.1) is 0 Å². The van der Waals surface area contributed by atoms with Crippen LogP contribution in [0.15, 0.2) is 24.3 Å². The van der Waals surface area contributed by atoms with Gasteiger partial charge in [-0.2, -0.15) is 0 Å². The minimum atomic E-state index is -0.284. The molecule has 2 nitrogen and oxygen atoms in total. The van der Waals surface area contributed by atoms with Crippen LogP contribution in [-0.4, -0.2) is 17.3 Å². The maximum atomic E-state index is 9.25. The molecule has 0 bridgehead atoms. The minimum Gasteiger partial charge on any atom is -0.396 e. The zero-order valence-electron chi connectivity index (χ0n) is 10.8. The second kappa shape index (κ2) is 4.79. The highest BCUT2D eigenvalue weighted by molar-refractivity contribution is 5.37. The van der Waals surface area contributed by atoms with Crippen molar-refractivity contribution in [1.29, 1.82) is 0 Å². The van der Waals surface area contributed by atoms with E-state index in [0.717, 1.165) is 12.3 Å². The Hall–Kier alpha value is -0.860. The molecule has 1 atom stereocenters. The Balaban J connectivity index is 2.34. The van der Waals surface area contributed by atoms with Gasteiger partial charge >= 0.3 is 0 Å². The van der Waals surface area contributed by atoms with Crippen LogP contribution in [0.5, 0.6) is 0 Å². The molecule has 0 spiro atoms. The van der Waals surface area contributed by atoms with Gasteiger partial charge in [-0.25, -0.2) is 0 Å². The van der Waals surface area contributed by atoms with E-state index in [-0.39, 0.29) is 18.1 Å². The summed E-state index contributed by atoms with van der Waals surface area (Å²) in [7, 11) is 0. The van der Waals surface area contributed by atoms with Gasteiger partial charge in [-0.1, -0.05) is 24.3 Å². The summed E-state index contributed by atoms with van der Waals surface area (Å²) in [5.41, 5.74) is 8.78. The van der Waals surface area contributed by atoms with E-state index >= 15 is 0 Å². The van der Waals surface area contributed by atoms with Gasteiger partial charge in [0.1, 0.15) is 0 Å². The molecule has 1 fully saturated rings. The number of hydrogen-bond donors (Lipinski definition) is 2. The summed E-state index contributed by atoms with van der Waals surface area (Å²) in [6.07, 6.45) is 3.34. The smallest absolute Gasteiger partial charge is 0.0437 e. The van der Waals surface area contributed by atoms with Gasteiger partial charge in [0.05, 0.1) is 0 Å². The highest BCUT2D eigenvalue weighted by Crippen LogP contribution is 2.45. The standard InChI is InChI=1S/C15H23NO/c1-15(2,16)14(9-10-17)13-6-4-3-5-12(13)11-7-8-11/h3-6,11,14,17H,7-10,16H2,1-2H3. The second-order valence-corrected chi connectivity index (χ2v) is 5.79. The van der Waals surface area contributed by atoms with Gasteiger partial charge < -0.3 is 10.8 Å². The molecule has 1 saturated carbocycles. The normalized spacial score (nSPS) is 18.1. The number of benzene rings is 1. The van der Waals surface area contributed by atoms with Crippen molar-refractivity contribution in [2.24, 2.45) is 5.73 Å². The maximum absolute atomic E-state index is 9.25. The van der Waals surface area contributed by atoms with Crippen molar-refractivity contribution in [1.82, 2.24) is 0 Å². The van der Waals surface area contributed by atoms with E-state index in [4.69, 9.17) is 5.73 Å². The molecule has 1 unspecified atom stereocenters. The zero-order valence-corrected chi connectivity index (χ0v) is 10.8. The fourth-order valence-corrected chi connectivity index (χ4v) is 2.65. The lowest BCUT2D eigenvalue weighted by Crippen LogP contribution is -2.40. The quantitative estimate of drug-likeness (QED) is 0.821. The molecule has 17 heavy (non-hydrogen) atoms. The average molecular weight is 233 g/mol. The van der Waals surface area contributed by atoms with Gasteiger partial charge in [-0.05, 0) is 50.2 Å². The molecule has 0 aliphatic heterocycles. The maximum Gasteiger partial charge on any atom is 0.0437 e. The van der Waals surface area contributed by atoms with E-state index in [0.29, 0.717) is 0 Å². The van der Waals surface area contributed by atoms with E-state index in [1.165, 1.54) is 24.0 Å². The Morgan fingerprint density at radius 2 is 2.00 bits per heavy atom. The van der Waals surface area contributed by atoms with Crippen LogP contribution in [0.3, 0.4) is 0 Å². The van der Waals surface area contributed by atoms with Crippen LogP contribution in [0.2, 0.25) is 0 Å². The molecule has 0 radical (unpaired) electrons. The van der Waals surface area contributed by atoms with E-state index < -0.39 is 0 Å². The van der Waals surface area contributed by atoms with Crippen LogP contribution in [0, 0.1) is 0 Å². The first-order valence-corrected chi connectivity index (χ1v) is 6.52. The molecule has 3 N–H and O–H groups in total. The first kappa shape index (κ1) is 12.6. The molecular formula is C15H23NO. The van der Waals surface area contributed by atoms with Gasteiger partial charge in [0.15, 0.2) is 0 Å². The summed E-state index contributed by atoms with van der Waals surface area (Å²) in [5, 5.41) is 9.25. The van der Waals surface area contributed by atoms with Gasteiger partial charge in [0.25, 0.3) is 0 Å². The third kappa shape index (κ3) is 2.88. The Morgan fingerprint density at radius 1 is 1.35 bits per heavy atom. The van der Waals surface area contributed by atoms with Gasteiger partial charge in [-0.3, -0.25) is 0 Å². The molecular weight excluding hydrogens is 210 g/mol. The summed E-state index contributed by atoms with van der Waals surface area (Å²) in [6, 6.07) is 8.60. The summed E-state index contributed by atoms with van der Waals surface area (Å²) in [5.74, 6) is 0.971. The highest BCUT2D eigenvalue weighted by atomic mass is 16.3. The monoisotopic (exact) mass is 233 g/mol. The van der Waals surface area contributed by atoms with Gasteiger partial charge in [0, 0.05) is 18.1 Å². The molecule has 94 valence electrons. The summed E-state index contributed by atoms with van der Waals surface area (Å²) in [6.45, 7) is 4.30. The van der Waals surface area contributed by atoms with Crippen LogP contribution >= 0.6 is 0 Å². The van der Waals surface area contributed by atoms with Crippen molar-refractivity contribution in [2.75, 3.05) is 6.61 Å². The summed E-state index contributed by atoms with van der Waals surface area (Å²) < 4.78 is 0. The topological polar surface area (TPSA) is 46.2 Å². The van der Waals surface area contributed by atoms with Crippen molar-refractivity contribution in [3.63, 3.8) is 0 Å². The molecule has 2 rings (SSSR count). The first-order chi connectivity index (χ1) is 8.04. The molecule has 1 aromatic carbocycles. The summed E-state index contributed by atoms with van der Waals surface area (Å²) in [4.78, 5) is 0. The lowest BCUT2D eigenvalue weighted by atomic mass is 9.78. The van der Waals surface area contributed by atoms with E-state index in [2.05, 4.69) is 38.1 Å². The summed E-state index contributed by atoms with van der Waals surface area (Å²) >= 11 is 0. The zero-order chi connectivity index (χ0) is 12.5. The van der Waals surface area contributed by atoms with E-state index in [9.17, 15) is 5.11 Å². The predicted octanol–water partition coefficient (Wildman–Crippen LogP) is 2.77. The van der Waals surface area contributed by atoms with Crippen molar-refractivity contribution >= 4 is 0 Å². The fourth-order valence-electron chi connectivity index (χ4n) is 2.65. The number of aliphatic hydroxyl groups is 1. The lowest BCUT2D eigenvalue weighted by molar-refractivity contribution is 0.250. The second-order valence-electron chi connectivity index (χ2n) is 5.79. The van der Waals surface area contributed by atoms with Crippen LogP contribution < -0.4 is 5.73 Å². The molecule has 0 saturated heterocycles. The Kier molecular flexibility index (Phi) is 3.55. The number of nitrogens with two attached hydrogens (primary N) is 1.